The van der Waals surface area contributed by atoms with Gasteiger partial charge in [0.1, 0.15) is 17.4 Å². The monoisotopic (exact) mass is 912 g/mol. The lowest BCUT2D eigenvalue weighted by atomic mass is 9.82. The van der Waals surface area contributed by atoms with Crippen molar-refractivity contribution in [2.45, 2.75) is 157 Å². The number of nitrogens with one attached hydrogen (secondary N) is 2. The number of ketones is 2. The van der Waals surface area contributed by atoms with Crippen LogP contribution in [-0.2, 0) is 39.8 Å². The van der Waals surface area contributed by atoms with Gasteiger partial charge < -0.3 is 29.7 Å². The van der Waals surface area contributed by atoms with Gasteiger partial charge in [-0.25, -0.2) is 9.78 Å². The van der Waals surface area contributed by atoms with E-state index in [4.69, 9.17) is 19.2 Å². The molecule has 0 aliphatic carbocycles. The van der Waals surface area contributed by atoms with E-state index in [9.17, 15) is 28.8 Å². The summed E-state index contributed by atoms with van der Waals surface area (Å²) in [5, 5.41) is 7.63. The second kappa shape index (κ2) is 28.6. The average Bonchev–Trinajstić information content (AvgIpc) is 3.77. The van der Waals surface area contributed by atoms with Crippen LogP contribution in [-0.4, -0.2) is 108 Å². The number of unbranched alkanes of at least 4 members (excludes halogenated alkanes) is 2. The van der Waals surface area contributed by atoms with Crippen LogP contribution in [0.25, 0.3) is 0 Å². The lowest BCUT2D eigenvalue weighted by Crippen LogP contribution is -2.50. The number of alkyl carbamates (subject to hydrolysis) is 1. The van der Waals surface area contributed by atoms with Crippen molar-refractivity contribution in [2.24, 2.45) is 23.7 Å². The third kappa shape index (κ3) is 18.0. The number of esters is 1. The maximum Gasteiger partial charge on any atom is 0.407 e. The topological polar surface area (TPSA) is 174 Å². The van der Waals surface area contributed by atoms with Crippen molar-refractivity contribution < 1.29 is 43.0 Å². The summed E-state index contributed by atoms with van der Waals surface area (Å²) in [5.41, 5.74) is 1.10. The number of hydrogen-bond donors (Lipinski definition) is 2. The minimum atomic E-state index is -0.888. The Hall–Kier alpha value is -4.21. The molecule has 1 saturated heterocycles. The number of rotatable bonds is 29. The molecule has 14 nitrogen and oxygen atoms in total. The van der Waals surface area contributed by atoms with Gasteiger partial charge in [-0.1, -0.05) is 104 Å². The number of Topliss-reactive ketones (excluding diaryl/α,β-unsaturated/α-hetero) is 2. The first-order chi connectivity index (χ1) is 30.6. The molecule has 3 rings (SSSR count). The molecule has 1 fully saturated rings. The van der Waals surface area contributed by atoms with Crippen LogP contribution in [0.3, 0.4) is 0 Å². The van der Waals surface area contributed by atoms with Crippen molar-refractivity contribution in [1.29, 1.82) is 0 Å². The van der Waals surface area contributed by atoms with Gasteiger partial charge in [-0.05, 0) is 69.5 Å². The molecule has 64 heavy (non-hydrogen) atoms. The highest BCUT2D eigenvalue weighted by atomic mass is 32.1. The Morgan fingerprint density at radius 3 is 2.33 bits per heavy atom. The van der Waals surface area contributed by atoms with Crippen molar-refractivity contribution in [3.8, 4) is 0 Å². The van der Waals surface area contributed by atoms with Crippen LogP contribution in [0.15, 0.2) is 35.7 Å². The molecule has 0 spiro atoms. The highest BCUT2D eigenvalue weighted by Gasteiger charge is 2.39. The van der Waals surface area contributed by atoms with Crippen LogP contribution < -0.4 is 10.6 Å². The fraction of sp³-hybridized carbons (Fsp3) is 0.694. The number of nitrogens with zero attached hydrogens (tertiary/aromatic N) is 3. The number of aromatic nitrogens is 1. The molecule has 1 aromatic heterocycles. The number of thiazole rings is 1. The van der Waals surface area contributed by atoms with Crippen LogP contribution in [0.2, 0.25) is 0 Å². The standard InChI is InChI=1S/C49H77N5O9S/c1-10-13-19-25-61-32-54(48(59)39(34(6)12-3)28-43(56)41-22-17-18-23-53(41)9)42(33(4)5)29-45(63-36(8)55)47-52-40(31-64-47)46(58)51-38(27-37-20-15-14-16-21-37)26-35(7)44(57)30-50-49(60)62-24-11-2/h14-16,20-21,31,33-35,38-39,41-42,45H,10-13,17-19,22-30,32H2,1-9H3,(H,50,60)(H,51,58)/t34?,35-,38+,39-,41+,42+,45+/m0/s1. The number of likely N-dealkylation sites (tertiary alicyclic amines) is 1. The lowest BCUT2D eigenvalue weighted by molar-refractivity contribution is -0.154. The molecule has 1 unspecified atom stereocenters. The number of amides is 3. The van der Waals surface area contributed by atoms with Gasteiger partial charge in [0, 0.05) is 55.7 Å². The normalized spacial score (nSPS) is 17.1. The summed E-state index contributed by atoms with van der Waals surface area (Å²) in [6.45, 7) is 16.6. The van der Waals surface area contributed by atoms with E-state index in [0.29, 0.717) is 30.9 Å². The fourth-order valence-corrected chi connectivity index (χ4v) is 9.05. The largest absolute Gasteiger partial charge is 0.455 e. The molecule has 15 heteroatoms. The average molecular weight is 912 g/mol. The van der Waals surface area contributed by atoms with Crippen LogP contribution in [0.4, 0.5) is 4.79 Å². The van der Waals surface area contributed by atoms with Crippen molar-refractivity contribution in [3.63, 3.8) is 0 Å². The van der Waals surface area contributed by atoms with Crippen molar-refractivity contribution in [3.05, 3.63) is 52.0 Å². The summed E-state index contributed by atoms with van der Waals surface area (Å²) < 4.78 is 17.2. The minimum Gasteiger partial charge on any atom is -0.455 e. The summed E-state index contributed by atoms with van der Waals surface area (Å²) in [6.07, 6.45) is 6.62. The Morgan fingerprint density at radius 1 is 0.953 bits per heavy atom. The third-order valence-corrected chi connectivity index (χ3v) is 13.2. The third-order valence-electron chi connectivity index (χ3n) is 12.3. The number of carbonyl (C=O) groups excluding carboxylic acids is 6. The molecule has 1 aromatic carbocycles. The number of piperidine rings is 1. The first-order valence-electron chi connectivity index (χ1n) is 23.6. The first-order valence-corrected chi connectivity index (χ1v) is 24.5. The van der Waals surface area contributed by atoms with E-state index < -0.39 is 48.0 Å². The summed E-state index contributed by atoms with van der Waals surface area (Å²) >= 11 is 1.19. The maximum atomic E-state index is 15.0. The second-order valence-electron chi connectivity index (χ2n) is 17.9. The van der Waals surface area contributed by atoms with Gasteiger partial charge in [0.25, 0.3) is 5.91 Å². The van der Waals surface area contributed by atoms with Gasteiger partial charge in [0.2, 0.25) is 5.91 Å². The van der Waals surface area contributed by atoms with Gasteiger partial charge in [-0.3, -0.25) is 28.9 Å². The number of hydrogen-bond acceptors (Lipinski definition) is 12. The molecule has 0 saturated carbocycles. The lowest BCUT2D eigenvalue weighted by Gasteiger charge is -2.39. The minimum absolute atomic E-state index is 0.0247. The highest BCUT2D eigenvalue weighted by molar-refractivity contribution is 7.09. The molecular weight excluding hydrogens is 835 g/mol. The number of carbonyl (C=O) groups is 6. The Labute approximate surface area is 386 Å². The van der Waals surface area contributed by atoms with Crippen molar-refractivity contribution in [2.75, 3.05) is 40.1 Å². The van der Waals surface area contributed by atoms with Crippen LogP contribution in [0.1, 0.15) is 153 Å². The summed E-state index contributed by atoms with van der Waals surface area (Å²) in [5.74, 6) is -2.48. The molecule has 358 valence electrons. The van der Waals surface area contributed by atoms with Crippen LogP contribution in [0.5, 0.6) is 0 Å². The number of benzene rings is 1. The quantitative estimate of drug-likeness (QED) is 0.0457. The zero-order valence-corrected chi connectivity index (χ0v) is 40.8. The van der Waals surface area contributed by atoms with E-state index >= 15 is 0 Å². The van der Waals surface area contributed by atoms with Crippen molar-refractivity contribution >= 4 is 46.8 Å². The van der Waals surface area contributed by atoms with E-state index in [2.05, 4.69) is 22.5 Å². The summed E-state index contributed by atoms with van der Waals surface area (Å²) in [7, 11) is 1.99. The van der Waals surface area contributed by atoms with E-state index in [-0.39, 0.29) is 73.8 Å². The number of ether oxygens (including phenoxy) is 3. The molecule has 1 aliphatic rings. The zero-order valence-electron chi connectivity index (χ0n) is 40.0. The first kappa shape index (κ1) is 54.1. The van der Waals surface area contributed by atoms with Crippen LogP contribution >= 0.6 is 11.3 Å². The zero-order chi connectivity index (χ0) is 47.2. The maximum absolute atomic E-state index is 15.0. The van der Waals surface area contributed by atoms with E-state index in [1.54, 1.807) is 17.2 Å². The molecular formula is C49H77N5O9S. The highest BCUT2D eigenvalue weighted by Crippen LogP contribution is 2.34. The predicted molar refractivity (Wildman–Crippen MR) is 250 cm³/mol. The van der Waals surface area contributed by atoms with Gasteiger partial charge in [0.05, 0.1) is 19.2 Å². The smallest absolute Gasteiger partial charge is 0.407 e. The van der Waals surface area contributed by atoms with E-state index in [1.165, 1.54) is 18.3 Å². The molecule has 7 atom stereocenters. The Kier molecular flexibility index (Phi) is 24.2. The van der Waals surface area contributed by atoms with Gasteiger partial charge in [-0.2, -0.15) is 0 Å². The van der Waals surface area contributed by atoms with Gasteiger partial charge >= 0.3 is 12.1 Å². The predicted octanol–water partition coefficient (Wildman–Crippen LogP) is 8.33. The summed E-state index contributed by atoms with van der Waals surface area (Å²) in [4.78, 5) is 89.1. The van der Waals surface area contributed by atoms with Gasteiger partial charge in [-0.15, -0.1) is 11.3 Å². The van der Waals surface area contributed by atoms with E-state index in [1.807, 2.05) is 72.0 Å². The fourth-order valence-electron chi connectivity index (χ4n) is 8.21. The Balaban J connectivity index is 1.90. The molecule has 3 amide bonds. The van der Waals surface area contributed by atoms with Crippen LogP contribution in [0, 0.1) is 23.7 Å². The van der Waals surface area contributed by atoms with Gasteiger partial charge in [0.15, 0.2) is 17.7 Å². The molecule has 2 heterocycles. The van der Waals surface area contributed by atoms with E-state index in [0.717, 1.165) is 57.1 Å². The number of likely N-dealkylation sites (N-methyl/N-ethyl adjacent to an activating group) is 1. The molecule has 2 aromatic rings. The van der Waals surface area contributed by atoms with Crippen molar-refractivity contribution in [1.82, 2.24) is 25.4 Å². The molecule has 1 aliphatic heterocycles. The Morgan fingerprint density at radius 2 is 1.69 bits per heavy atom. The molecule has 2 N–H and O–H groups in total. The SMILES string of the molecule is CCCCCOCN(C(=O)[C@@H](CC(=O)[C@H]1CCCCN1C)C(C)CC)[C@H](C[C@@H](OC(C)=O)c1nc(C(=O)N[C@@H](Cc2ccccc2)C[C@H](C)C(=O)CNC(=O)OCCC)cs1)C(C)C. The Bertz CT molecular complexity index is 1760. The summed E-state index contributed by atoms with van der Waals surface area (Å²) in [6, 6.07) is 8.50. The molecule has 0 bridgehead atoms. The molecule has 0 radical (unpaired) electrons. The second-order valence-corrected chi connectivity index (χ2v) is 18.8.